The number of aromatic amines is 1. The maximum absolute atomic E-state index is 11.6. The number of amides is 1. The molecule has 10 heteroatoms. The molecule has 0 saturated heterocycles. The van der Waals surface area contributed by atoms with Crippen molar-refractivity contribution in [1.29, 1.82) is 0 Å². The molecule has 1 amide bonds. The smallest absolute Gasteiger partial charge is 0.407 e. The Hall–Kier alpha value is -4.60. The van der Waals surface area contributed by atoms with Gasteiger partial charge in [0, 0.05) is 46.3 Å². The van der Waals surface area contributed by atoms with Gasteiger partial charge in [0.2, 0.25) is 5.95 Å². The van der Waals surface area contributed by atoms with Crippen molar-refractivity contribution >= 4 is 39.3 Å². The number of fused-ring (bicyclic) bond motifs is 3. The lowest BCUT2D eigenvalue weighted by atomic mass is 10.1. The maximum Gasteiger partial charge on any atom is 0.407 e. The molecule has 3 aromatic heterocycles. The second-order valence-electron chi connectivity index (χ2n) is 8.21. The molecular formula is C24H21N7O3. The summed E-state index contributed by atoms with van der Waals surface area (Å²) in [6.07, 6.45) is 5.24. The van der Waals surface area contributed by atoms with Crippen LogP contribution in [0.1, 0.15) is 11.3 Å². The molecule has 1 aliphatic heterocycles. The van der Waals surface area contributed by atoms with E-state index in [2.05, 4.69) is 15.5 Å². The average molecular weight is 455 g/mol. The zero-order valence-electron chi connectivity index (χ0n) is 18.3. The predicted octanol–water partition coefficient (Wildman–Crippen LogP) is 4.09. The molecule has 0 unspecified atom stereocenters. The molecular weight excluding hydrogens is 434 g/mol. The first-order chi connectivity index (χ1) is 16.6. The Balaban J connectivity index is 1.45. The second kappa shape index (κ2) is 7.77. The van der Waals surface area contributed by atoms with Crippen LogP contribution >= 0.6 is 0 Å². The number of carbonyl (C=O) groups is 1. The quantitative estimate of drug-likeness (QED) is 0.373. The fraction of sp³-hybridized carbons (Fsp3) is 0.167. The summed E-state index contributed by atoms with van der Waals surface area (Å²) in [5, 5.41) is 23.0. The van der Waals surface area contributed by atoms with Gasteiger partial charge in [-0.3, -0.25) is 9.67 Å². The highest BCUT2D eigenvalue weighted by molar-refractivity contribution is 5.85. The van der Waals surface area contributed by atoms with Crippen LogP contribution in [0.25, 0.3) is 27.6 Å². The van der Waals surface area contributed by atoms with E-state index in [0.29, 0.717) is 30.4 Å². The van der Waals surface area contributed by atoms with E-state index in [1.807, 2.05) is 53.4 Å². The lowest BCUT2D eigenvalue weighted by molar-refractivity contribution is 0.139. The molecule has 3 N–H and O–H groups in total. The number of carboxylic acid groups (broad SMARTS) is 1. The Bertz CT molecular complexity index is 1560. The van der Waals surface area contributed by atoms with Crippen molar-refractivity contribution in [2.24, 2.45) is 0 Å². The highest BCUT2D eigenvalue weighted by Gasteiger charge is 2.25. The summed E-state index contributed by atoms with van der Waals surface area (Å²) in [7, 11) is 1.64. The molecule has 34 heavy (non-hydrogen) atoms. The minimum atomic E-state index is -0.954. The molecule has 0 spiro atoms. The molecule has 0 fully saturated rings. The zero-order valence-corrected chi connectivity index (χ0v) is 18.3. The molecule has 2 aromatic carbocycles. The van der Waals surface area contributed by atoms with Gasteiger partial charge in [0.15, 0.2) is 0 Å². The number of nitrogens with one attached hydrogen (secondary N) is 2. The van der Waals surface area contributed by atoms with E-state index in [9.17, 15) is 9.90 Å². The van der Waals surface area contributed by atoms with Crippen molar-refractivity contribution in [2.45, 2.75) is 13.0 Å². The van der Waals surface area contributed by atoms with Crippen molar-refractivity contribution < 1.29 is 14.6 Å². The average Bonchev–Trinajstić information content (AvgIpc) is 3.49. The van der Waals surface area contributed by atoms with Gasteiger partial charge in [-0.1, -0.05) is 0 Å². The van der Waals surface area contributed by atoms with E-state index in [4.69, 9.17) is 14.7 Å². The summed E-state index contributed by atoms with van der Waals surface area (Å²) < 4.78 is 7.19. The van der Waals surface area contributed by atoms with Crippen molar-refractivity contribution in [1.82, 2.24) is 29.6 Å². The number of rotatable bonds is 4. The standard InChI is InChI=1S/C24H21N7O3/c1-34-18-4-2-14-11-31(12-16(14)9-18)23-27-21-13-30(24(32)33)7-6-19(21)22(28-23)26-17-3-5-20-15(8-17)10-25-29-20/h2-5,8-12H,6-7,13H2,1H3,(H,25,29)(H,32,33)(H,26,27,28). The third-order valence-corrected chi connectivity index (χ3v) is 6.11. The largest absolute Gasteiger partial charge is 0.497 e. The number of anilines is 2. The fourth-order valence-corrected chi connectivity index (χ4v) is 4.32. The predicted molar refractivity (Wildman–Crippen MR) is 127 cm³/mol. The van der Waals surface area contributed by atoms with Crippen molar-refractivity contribution in [3.8, 4) is 11.7 Å². The lowest BCUT2D eigenvalue weighted by Gasteiger charge is -2.27. The molecule has 170 valence electrons. The number of hydrogen-bond donors (Lipinski definition) is 3. The number of H-pyrrole nitrogens is 1. The Morgan fingerprint density at radius 2 is 2.00 bits per heavy atom. The molecule has 0 radical (unpaired) electrons. The van der Waals surface area contributed by atoms with Crippen LogP contribution in [0, 0.1) is 0 Å². The Kier molecular flexibility index (Phi) is 4.58. The van der Waals surface area contributed by atoms with E-state index in [1.54, 1.807) is 13.3 Å². The van der Waals surface area contributed by atoms with Crippen LogP contribution in [-0.4, -0.2) is 54.5 Å². The topological polar surface area (TPSA) is 121 Å². The first-order valence-corrected chi connectivity index (χ1v) is 10.8. The first-order valence-electron chi connectivity index (χ1n) is 10.8. The molecule has 0 atom stereocenters. The van der Waals surface area contributed by atoms with E-state index < -0.39 is 6.09 Å². The molecule has 1 aliphatic rings. The Labute approximate surface area is 193 Å². The zero-order chi connectivity index (χ0) is 23.2. The van der Waals surface area contributed by atoms with E-state index in [1.165, 1.54) is 4.90 Å². The summed E-state index contributed by atoms with van der Waals surface area (Å²) in [4.78, 5) is 22.6. The Morgan fingerprint density at radius 3 is 2.85 bits per heavy atom. The van der Waals surface area contributed by atoms with E-state index >= 15 is 0 Å². The highest BCUT2D eigenvalue weighted by atomic mass is 16.5. The van der Waals surface area contributed by atoms with Crippen LogP contribution in [0.15, 0.2) is 55.0 Å². The monoisotopic (exact) mass is 455 g/mol. The molecule has 0 bridgehead atoms. The highest BCUT2D eigenvalue weighted by Crippen LogP contribution is 2.30. The Morgan fingerprint density at radius 1 is 1.12 bits per heavy atom. The number of hydrogen-bond acceptors (Lipinski definition) is 6. The van der Waals surface area contributed by atoms with Gasteiger partial charge in [-0.05, 0) is 42.8 Å². The van der Waals surface area contributed by atoms with E-state index in [0.717, 1.165) is 38.7 Å². The molecule has 10 nitrogen and oxygen atoms in total. The van der Waals surface area contributed by atoms with Crippen LogP contribution in [0.5, 0.6) is 5.75 Å². The minimum absolute atomic E-state index is 0.213. The van der Waals surface area contributed by atoms with Crippen molar-refractivity contribution in [3.63, 3.8) is 0 Å². The van der Waals surface area contributed by atoms with Crippen LogP contribution < -0.4 is 10.1 Å². The van der Waals surface area contributed by atoms with Gasteiger partial charge in [-0.2, -0.15) is 10.1 Å². The lowest BCUT2D eigenvalue weighted by Crippen LogP contribution is -2.36. The molecule has 6 rings (SSSR count). The minimum Gasteiger partial charge on any atom is -0.497 e. The molecule has 5 aromatic rings. The molecule has 4 heterocycles. The number of ether oxygens (including phenoxy) is 1. The van der Waals surface area contributed by atoms with Gasteiger partial charge in [-0.25, -0.2) is 9.78 Å². The summed E-state index contributed by atoms with van der Waals surface area (Å²) in [5.41, 5.74) is 3.43. The van der Waals surface area contributed by atoms with Gasteiger partial charge in [-0.15, -0.1) is 0 Å². The van der Waals surface area contributed by atoms with E-state index in [-0.39, 0.29) is 6.54 Å². The van der Waals surface area contributed by atoms with Crippen LogP contribution in [0.2, 0.25) is 0 Å². The van der Waals surface area contributed by atoms with Gasteiger partial charge in [0.05, 0.1) is 31.1 Å². The summed E-state index contributed by atoms with van der Waals surface area (Å²) in [5.74, 6) is 1.90. The first kappa shape index (κ1) is 20.0. The van der Waals surface area contributed by atoms with Crippen LogP contribution in [0.3, 0.4) is 0 Å². The van der Waals surface area contributed by atoms with Gasteiger partial charge in [0.25, 0.3) is 0 Å². The SMILES string of the molecule is COc1ccc2cn(-c3nc4c(c(Nc5ccc6[nH]ncc6c5)n3)CCN(C(=O)O)C4)cc2c1. The van der Waals surface area contributed by atoms with Crippen LogP contribution in [0.4, 0.5) is 16.3 Å². The third-order valence-electron chi connectivity index (χ3n) is 6.11. The number of methoxy groups -OCH3 is 1. The summed E-state index contributed by atoms with van der Waals surface area (Å²) in [6.45, 7) is 0.609. The van der Waals surface area contributed by atoms with Crippen LogP contribution in [-0.2, 0) is 13.0 Å². The number of benzene rings is 2. The maximum atomic E-state index is 11.6. The summed E-state index contributed by atoms with van der Waals surface area (Å²) in [6, 6.07) is 11.7. The second-order valence-corrected chi connectivity index (χ2v) is 8.21. The van der Waals surface area contributed by atoms with Crippen molar-refractivity contribution in [3.05, 3.63) is 66.2 Å². The molecule has 0 saturated carbocycles. The summed E-state index contributed by atoms with van der Waals surface area (Å²) >= 11 is 0. The number of aromatic nitrogens is 5. The van der Waals surface area contributed by atoms with Crippen molar-refractivity contribution in [2.75, 3.05) is 19.0 Å². The number of nitrogens with zero attached hydrogens (tertiary/aromatic N) is 5. The third kappa shape index (κ3) is 3.45. The fourth-order valence-electron chi connectivity index (χ4n) is 4.32. The van der Waals surface area contributed by atoms with Gasteiger partial charge < -0.3 is 20.1 Å². The van der Waals surface area contributed by atoms with Gasteiger partial charge in [0.1, 0.15) is 11.6 Å². The molecule has 0 aliphatic carbocycles. The van der Waals surface area contributed by atoms with Gasteiger partial charge >= 0.3 is 6.09 Å². The normalized spacial score (nSPS) is 13.3.